The number of alkyl halides is 3. The van der Waals surface area contributed by atoms with Crippen LogP contribution in [0, 0.1) is 20.8 Å². The summed E-state index contributed by atoms with van der Waals surface area (Å²) in [6.45, 7) is 8.41. The maximum atomic E-state index is 13.2. The number of rotatable bonds is 9. The van der Waals surface area contributed by atoms with Crippen LogP contribution in [0.25, 0.3) is 11.1 Å². The Kier molecular flexibility index (Phi) is 8.57. The normalized spacial score (nSPS) is 12.6. The minimum Gasteiger partial charge on any atom is -0.481 e. The predicted octanol–water partition coefficient (Wildman–Crippen LogP) is 8.79. The molecule has 0 aliphatic rings. The maximum absolute atomic E-state index is 13.2. The van der Waals surface area contributed by atoms with Crippen LogP contribution < -0.4 is 0 Å². The average molecular weight is 554 g/mol. The first-order chi connectivity index (χ1) is 18.4. The minimum atomic E-state index is -4.54. The zero-order chi connectivity index (χ0) is 28.3. The third-order valence-electron chi connectivity index (χ3n) is 6.47. The van der Waals surface area contributed by atoms with Crippen LogP contribution in [0.1, 0.15) is 52.3 Å². The molecule has 0 bridgehead atoms. The lowest BCUT2D eigenvalue weighted by Crippen LogP contribution is -2.20. The number of hydrogen-bond acceptors (Lipinski definition) is 4. The van der Waals surface area contributed by atoms with Gasteiger partial charge in [-0.2, -0.15) is 13.2 Å². The Morgan fingerprint density at radius 3 is 2.18 bits per heavy atom. The summed E-state index contributed by atoms with van der Waals surface area (Å²) in [4.78, 5) is 12.1. The molecular formula is C31H30F3NO3S. The van der Waals surface area contributed by atoms with E-state index in [9.17, 15) is 18.0 Å². The van der Waals surface area contributed by atoms with Crippen molar-refractivity contribution in [2.45, 2.75) is 57.8 Å². The van der Waals surface area contributed by atoms with Gasteiger partial charge >= 0.3 is 12.1 Å². The highest BCUT2D eigenvalue weighted by Crippen LogP contribution is 2.40. The molecule has 8 heteroatoms. The monoisotopic (exact) mass is 553 g/mol. The SMILES string of the molecule is Cc1cc(C)c(SN(Cc2ccc(-c3cccc(CC(=O)O)c3)cc2)C(C)c2ccc(C(F)(F)F)o2)c(C)c1. The zero-order valence-electron chi connectivity index (χ0n) is 22.2. The van der Waals surface area contributed by atoms with E-state index in [4.69, 9.17) is 9.52 Å². The molecule has 39 heavy (non-hydrogen) atoms. The van der Waals surface area contributed by atoms with Gasteiger partial charge in [-0.15, -0.1) is 0 Å². The molecule has 1 N–H and O–H groups in total. The van der Waals surface area contributed by atoms with Gasteiger partial charge in [0.15, 0.2) is 0 Å². The standard InChI is InChI=1S/C31H30F3NO3S/c1-19-14-20(2)30(21(3)15-19)39-35(22(4)27-12-13-28(38-27)31(32,33)34)18-23-8-10-25(11-9-23)26-7-5-6-24(16-26)17-29(36)37/h5-16,22H,17-18H2,1-4H3,(H,36,37). The van der Waals surface area contributed by atoms with Crippen LogP contribution >= 0.6 is 11.9 Å². The van der Waals surface area contributed by atoms with Crippen molar-refractivity contribution >= 4 is 17.9 Å². The predicted molar refractivity (Wildman–Crippen MR) is 147 cm³/mol. The molecule has 0 amide bonds. The van der Waals surface area contributed by atoms with Gasteiger partial charge in [-0.1, -0.05) is 66.2 Å². The summed E-state index contributed by atoms with van der Waals surface area (Å²) in [6.07, 6.45) is -4.59. The summed E-state index contributed by atoms with van der Waals surface area (Å²) < 4.78 is 47.0. The number of nitrogens with zero attached hydrogens (tertiary/aromatic N) is 1. The van der Waals surface area contributed by atoms with Crippen molar-refractivity contribution in [3.8, 4) is 11.1 Å². The first-order valence-corrected chi connectivity index (χ1v) is 13.3. The second kappa shape index (κ2) is 11.7. The van der Waals surface area contributed by atoms with Gasteiger partial charge in [-0.25, -0.2) is 4.31 Å². The Bertz CT molecular complexity index is 1440. The zero-order valence-corrected chi connectivity index (χ0v) is 23.0. The Morgan fingerprint density at radius 2 is 1.59 bits per heavy atom. The molecule has 0 saturated carbocycles. The van der Waals surface area contributed by atoms with Crippen LogP contribution in [-0.2, 0) is 23.9 Å². The fourth-order valence-corrected chi connectivity index (χ4v) is 5.68. The van der Waals surface area contributed by atoms with Gasteiger partial charge in [0.05, 0.1) is 12.5 Å². The van der Waals surface area contributed by atoms with Crippen molar-refractivity contribution in [1.82, 2.24) is 4.31 Å². The highest BCUT2D eigenvalue weighted by molar-refractivity contribution is 7.97. The smallest absolute Gasteiger partial charge is 0.449 e. The Balaban J connectivity index is 1.62. The third-order valence-corrected chi connectivity index (χ3v) is 7.98. The number of halogens is 3. The number of carboxylic acid groups (broad SMARTS) is 1. The van der Waals surface area contributed by atoms with Crippen molar-refractivity contribution in [3.05, 3.63) is 112 Å². The lowest BCUT2D eigenvalue weighted by atomic mass is 10.0. The van der Waals surface area contributed by atoms with Crippen molar-refractivity contribution in [3.63, 3.8) is 0 Å². The third kappa shape index (κ3) is 7.13. The van der Waals surface area contributed by atoms with E-state index in [0.717, 1.165) is 49.9 Å². The molecule has 1 heterocycles. The van der Waals surface area contributed by atoms with Crippen LogP contribution in [0.15, 0.2) is 82.1 Å². The van der Waals surface area contributed by atoms with E-state index in [1.165, 1.54) is 18.0 Å². The molecule has 0 spiro atoms. The summed E-state index contributed by atoms with van der Waals surface area (Å²) in [5.41, 5.74) is 6.91. The molecule has 3 aromatic carbocycles. The summed E-state index contributed by atoms with van der Waals surface area (Å²) >= 11 is 1.51. The topological polar surface area (TPSA) is 53.7 Å². The molecule has 204 valence electrons. The highest BCUT2D eigenvalue weighted by Gasteiger charge is 2.36. The molecule has 4 nitrogen and oxygen atoms in total. The summed E-state index contributed by atoms with van der Waals surface area (Å²) in [7, 11) is 0. The van der Waals surface area contributed by atoms with Crippen LogP contribution in [0.2, 0.25) is 0 Å². The fourth-order valence-electron chi connectivity index (χ4n) is 4.57. The Morgan fingerprint density at radius 1 is 0.923 bits per heavy atom. The molecule has 0 radical (unpaired) electrons. The average Bonchev–Trinajstić information content (AvgIpc) is 3.36. The van der Waals surface area contributed by atoms with Gasteiger partial charge < -0.3 is 9.52 Å². The lowest BCUT2D eigenvalue weighted by molar-refractivity contribution is -0.153. The second-order valence-electron chi connectivity index (χ2n) is 9.74. The van der Waals surface area contributed by atoms with E-state index in [1.807, 2.05) is 74.5 Å². The van der Waals surface area contributed by atoms with E-state index in [1.54, 1.807) is 6.07 Å². The van der Waals surface area contributed by atoms with Gasteiger partial charge in [0.2, 0.25) is 5.76 Å². The second-order valence-corrected chi connectivity index (χ2v) is 10.8. The lowest BCUT2D eigenvalue weighted by Gasteiger charge is -2.28. The molecule has 0 fully saturated rings. The van der Waals surface area contributed by atoms with Crippen LogP contribution in [-0.4, -0.2) is 15.4 Å². The number of aliphatic carboxylic acids is 1. The largest absolute Gasteiger partial charge is 0.481 e. The molecule has 1 aromatic heterocycles. The van der Waals surface area contributed by atoms with E-state index in [2.05, 4.69) is 12.1 Å². The van der Waals surface area contributed by atoms with Crippen molar-refractivity contribution in [2.24, 2.45) is 0 Å². The Hall–Kier alpha value is -3.49. The van der Waals surface area contributed by atoms with E-state index >= 15 is 0 Å². The van der Waals surface area contributed by atoms with Crippen LogP contribution in [0.4, 0.5) is 13.2 Å². The van der Waals surface area contributed by atoms with Crippen molar-refractivity contribution < 1.29 is 27.5 Å². The highest BCUT2D eigenvalue weighted by atomic mass is 32.2. The van der Waals surface area contributed by atoms with Crippen molar-refractivity contribution in [1.29, 1.82) is 0 Å². The van der Waals surface area contributed by atoms with Gasteiger partial charge in [0.1, 0.15) is 5.76 Å². The summed E-state index contributed by atoms with van der Waals surface area (Å²) in [6, 6.07) is 21.5. The van der Waals surface area contributed by atoms with E-state index in [-0.39, 0.29) is 12.2 Å². The van der Waals surface area contributed by atoms with Crippen LogP contribution in [0.3, 0.4) is 0 Å². The molecule has 0 aliphatic carbocycles. The number of carbonyl (C=O) groups is 1. The van der Waals surface area contributed by atoms with Gasteiger partial charge in [-0.05, 0) is 85.2 Å². The molecule has 1 atom stereocenters. The van der Waals surface area contributed by atoms with Gasteiger partial charge in [0.25, 0.3) is 0 Å². The maximum Gasteiger partial charge on any atom is 0.449 e. The number of benzene rings is 3. The fraction of sp³-hybridized carbons (Fsp3) is 0.258. The molecule has 4 aromatic rings. The quantitative estimate of drug-likeness (QED) is 0.210. The van der Waals surface area contributed by atoms with Gasteiger partial charge in [0, 0.05) is 11.4 Å². The first-order valence-electron chi connectivity index (χ1n) is 12.5. The number of hydrogen-bond donors (Lipinski definition) is 1. The molecule has 0 saturated heterocycles. The molecule has 4 rings (SSSR count). The summed E-state index contributed by atoms with van der Waals surface area (Å²) in [5.74, 6) is -1.65. The number of furan rings is 1. The van der Waals surface area contributed by atoms with Gasteiger partial charge in [-0.3, -0.25) is 4.79 Å². The molecular weight excluding hydrogens is 523 g/mol. The number of carboxylic acids is 1. The first kappa shape index (κ1) is 28.5. The van der Waals surface area contributed by atoms with E-state index < -0.39 is 23.9 Å². The minimum absolute atomic E-state index is 0.0450. The van der Waals surface area contributed by atoms with Crippen molar-refractivity contribution in [2.75, 3.05) is 0 Å². The van der Waals surface area contributed by atoms with E-state index in [0.29, 0.717) is 6.54 Å². The summed E-state index contributed by atoms with van der Waals surface area (Å²) in [5, 5.41) is 9.10. The van der Waals surface area contributed by atoms with Crippen LogP contribution in [0.5, 0.6) is 0 Å². The number of aryl methyl sites for hydroxylation is 3. The molecule has 0 aliphatic heterocycles. The molecule has 1 unspecified atom stereocenters. The Labute approximate surface area is 230 Å².